The molecule has 6 heteroatoms. The molecule has 116 valence electrons. The van der Waals surface area contributed by atoms with Gasteiger partial charge in [0, 0.05) is 4.43 Å². The molecule has 3 rings (SSSR count). The fraction of sp³-hybridized carbons (Fsp3) is 0.250. The monoisotopic (exact) mass is 429 g/mol. The molecule has 0 aliphatic carbocycles. The first kappa shape index (κ1) is 15.9. The van der Waals surface area contributed by atoms with Crippen molar-refractivity contribution in [2.75, 3.05) is 4.43 Å². The van der Waals surface area contributed by atoms with E-state index in [2.05, 4.69) is 22.6 Å². The fourth-order valence-corrected chi connectivity index (χ4v) is 4.98. The number of hydrogen-bond acceptors (Lipinski definition) is 3. The van der Waals surface area contributed by atoms with Crippen LogP contribution in [0.15, 0.2) is 65.6 Å². The minimum absolute atomic E-state index is 0.156. The van der Waals surface area contributed by atoms with E-state index in [-0.39, 0.29) is 17.0 Å². The van der Waals surface area contributed by atoms with Gasteiger partial charge in [0.2, 0.25) is 0 Å². The summed E-state index contributed by atoms with van der Waals surface area (Å²) < 4.78 is 27.4. The van der Waals surface area contributed by atoms with Crippen LogP contribution in [0.2, 0.25) is 0 Å². The van der Waals surface area contributed by atoms with Crippen molar-refractivity contribution >= 4 is 32.6 Å². The van der Waals surface area contributed by atoms with Crippen molar-refractivity contribution in [2.24, 2.45) is 0 Å². The van der Waals surface area contributed by atoms with Crippen LogP contribution >= 0.6 is 22.6 Å². The highest BCUT2D eigenvalue weighted by atomic mass is 127. The van der Waals surface area contributed by atoms with Crippen LogP contribution in [0.3, 0.4) is 0 Å². The smallest absolute Gasteiger partial charge is 0.265 e. The van der Waals surface area contributed by atoms with Gasteiger partial charge in [-0.15, -0.1) is 0 Å². The Kier molecular flexibility index (Phi) is 4.82. The number of halogens is 1. The molecule has 2 aromatic rings. The van der Waals surface area contributed by atoms with Crippen LogP contribution in [0, 0.1) is 0 Å². The number of rotatable bonds is 4. The molecule has 0 saturated carbocycles. The Balaban J connectivity index is 1.90. The van der Waals surface area contributed by atoms with Gasteiger partial charge in [-0.1, -0.05) is 75.6 Å². The summed E-state index contributed by atoms with van der Waals surface area (Å²) in [5, 5.41) is 0. The van der Waals surface area contributed by atoms with Crippen LogP contribution in [0.4, 0.5) is 0 Å². The van der Waals surface area contributed by atoms with E-state index in [0.29, 0.717) is 10.8 Å². The third kappa shape index (κ3) is 3.05. The van der Waals surface area contributed by atoms with Crippen LogP contribution in [0.25, 0.3) is 0 Å². The average molecular weight is 429 g/mol. The normalized spacial score (nSPS) is 22.8. The van der Waals surface area contributed by atoms with Crippen molar-refractivity contribution in [2.45, 2.75) is 23.5 Å². The van der Waals surface area contributed by atoms with E-state index in [1.165, 1.54) is 4.47 Å². The summed E-state index contributed by atoms with van der Waals surface area (Å²) in [7, 11) is -3.63. The van der Waals surface area contributed by atoms with Gasteiger partial charge >= 0.3 is 0 Å². The molecule has 0 unspecified atom stereocenters. The molecule has 0 aromatic heterocycles. The average Bonchev–Trinajstić information content (AvgIpc) is 3.02. The molecule has 1 fully saturated rings. The zero-order chi connectivity index (χ0) is 15.6. The van der Waals surface area contributed by atoms with E-state index < -0.39 is 10.0 Å². The Morgan fingerprint density at radius 2 is 1.64 bits per heavy atom. The summed E-state index contributed by atoms with van der Waals surface area (Å²) in [4.78, 5) is 6.07. The molecule has 22 heavy (non-hydrogen) atoms. The Morgan fingerprint density at radius 3 is 2.23 bits per heavy atom. The molecule has 2 atom stereocenters. The van der Waals surface area contributed by atoms with Crippen molar-refractivity contribution in [1.82, 2.24) is 4.47 Å². The lowest BCUT2D eigenvalue weighted by Crippen LogP contribution is -2.35. The maximum Gasteiger partial charge on any atom is 0.265 e. The highest BCUT2D eigenvalue weighted by molar-refractivity contribution is 14.1. The van der Waals surface area contributed by atoms with Gasteiger partial charge in [-0.25, -0.2) is 8.42 Å². The van der Waals surface area contributed by atoms with Crippen molar-refractivity contribution < 1.29 is 13.3 Å². The molecule has 0 radical (unpaired) electrons. The molecule has 1 heterocycles. The third-order valence-corrected chi connectivity index (χ3v) is 6.39. The van der Waals surface area contributed by atoms with E-state index in [1.807, 2.05) is 30.3 Å². The second-order valence-electron chi connectivity index (χ2n) is 5.12. The van der Waals surface area contributed by atoms with Crippen molar-refractivity contribution in [3.63, 3.8) is 0 Å². The van der Waals surface area contributed by atoms with Crippen LogP contribution in [-0.2, 0) is 14.9 Å². The molecule has 4 nitrogen and oxygen atoms in total. The second-order valence-corrected chi connectivity index (χ2v) is 7.78. The molecule has 0 bridgehead atoms. The molecule has 0 amide bonds. The zero-order valence-electron chi connectivity index (χ0n) is 11.8. The molecule has 1 aliphatic heterocycles. The molecular formula is C16H16INO3S. The summed E-state index contributed by atoms with van der Waals surface area (Å²) in [6.45, 7) is 0. The van der Waals surface area contributed by atoms with Crippen molar-refractivity contribution in [1.29, 1.82) is 0 Å². The van der Waals surface area contributed by atoms with Crippen molar-refractivity contribution in [3.8, 4) is 0 Å². The first-order valence-electron chi connectivity index (χ1n) is 7.00. The molecule has 2 aromatic carbocycles. The van der Waals surface area contributed by atoms with Gasteiger partial charge in [0.1, 0.15) is 6.10 Å². The van der Waals surface area contributed by atoms with Gasteiger partial charge in [-0.3, -0.25) is 4.84 Å². The van der Waals surface area contributed by atoms with E-state index >= 15 is 0 Å². The fourth-order valence-electron chi connectivity index (χ4n) is 2.52. The van der Waals surface area contributed by atoms with Crippen LogP contribution < -0.4 is 0 Å². The van der Waals surface area contributed by atoms with Gasteiger partial charge in [-0.05, 0) is 24.1 Å². The van der Waals surface area contributed by atoms with Gasteiger partial charge < -0.3 is 0 Å². The number of hydrogen-bond donors (Lipinski definition) is 0. The maximum atomic E-state index is 12.8. The lowest BCUT2D eigenvalue weighted by Gasteiger charge is -2.20. The molecule has 1 saturated heterocycles. The Bertz CT molecular complexity index is 722. The summed E-state index contributed by atoms with van der Waals surface area (Å²) >= 11 is 2.21. The lowest BCUT2D eigenvalue weighted by atomic mass is 10.0. The quantitative estimate of drug-likeness (QED) is 0.552. The predicted octanol–water partition coefficient (Wildman–Crippen LogP) is 3.56. The van der Waals surface area contributed by atoms with Gasteiger partial charge in [0.15, 0.2) is 0 Å². The van der Waals surface area contributed by atoms with Gasteiger partial charge in [0.05, 0.1) is 10.9 Å². The SMILES string of the molecule is O=S(=O)(c1ccccc1)N1O[C@@H](c2ccccc2)C[C@H]1CI. The summed E-state index contributed by atoms with van der Waals surface area (Å²) in [5.41, 5.74) is 1.00. The van der Waals surface area contributed by atoms with E-state index in [9.17, 15) is 8.42 Å². The Morgan fingerprint density at radius 1 is 1.05 bits per heavy atom. The molecule has 1 aliphatic rings. The van der Waals surface area contributed by atoms with Crippen LogP contribution in [-0.4, -0.2) is 23.4 Å². The largest absolute Gasteiger partial charge is 0.276 e. The topological polar surface area (TPSA) is 46.6 Å². The summed E-state index contributed by atoms with van der Waals surface area (Å²) in [6.07, 6.45) is 0.443. The minimum Gasteiger partial charge on any atom is -0.276 e. The number of benzene rings is 2. The second kappa shape index (κ2) is 6.66. The minimum atomic E-state index is -3.63. The number of alkyl halides is 1. The van der Waals surface area contributed by atoms with E-state index in [4.69, 9.17) is 4.84 Å². The highest BCUT2D eigenvalue weighted by Gasteiger charge is 2.41. The van der Waals surface area contributed by atoms with Crippen LogP contribution in [0.1, 0.15) is 18.1 Å². The Hall–Kier alpha value is -0.960. The summed E-state index contributed by atoms with van der Waals surface area (Å²) in [6, 6.07) is 18.0. The first-order chi connectivity index (χ1) is 10.6. The van der Waals surface area contributed by atoms with E-state index in [0.717, 1.165) is 5.56 Å². The maximum absolute atomic E-state index is 12.8. The number of hydroxylamine groups is 1. The van der Waals surface area contributed by atoms with Crippen LogP contribution in [0.5, 0.6) is 0 Å². The molecular weight excluding hydrogens is 413 g/mol. The standard InChI is InChI=1S/C16H16INO3S/c17-12-14-11-16(13-7-3-1-4-8-13)21-18(14)22(19,20)15-9-5-2-6-10-15/h1-10,14,16H,11-12H2/t14-,16+/m0/s1. The first-order valence-corrected chi connectivity index (χ1v) is 9.96. The zero-order valence-corrected chi connectivity index (χ0v) is 14.8. The molecule has 0 N–H and O–H groups in total. The van der Waals surface area contributed by atoms with Gasteiger partial charge in [-0.2, -0.15) is 0 Å². The van der Waals surface area contributed by atoms with Gasteiger partial charge in [0.25, 0.3) is 10.0 Å². The lowest BCUT2D eigenvalue weighted by molar-refractivity contribution is -0.0881. The number of sulfonamides is 1. The predicted molar refractivity (Wildman–Crippen MR) is 93.0 cm³/mol. The Labute approximate surface area is 144 Å². The van der Waals surface area contributed by atoms with E-state index in [1.54, 1.807) is 30.3 Å². The molecule has 0 spiro atoms. The third-order valence-electron chi connectivity index (χ3n) is 3.64. The highest BCUT2D eigenvalue weighted by Crippen LogP contribution is 2.37. The number of nitrogens with zero attached hydrogens (tertiary/aromatic N) is 1. The van der Waals surface area contributed by atoms with Crippen molar-refractivity contribution in [3.05, 3.63) is 66.2 Å². The summed E-state index contributed by atoms with van der Waals surface area (Å²) in [5.74, 6) is 0.